The number of rotatable bonds is 4. The minimum absolute atomic E-state index is 0.0798. The van der Waals surface area contributed by atoms with Crippen molar-refractivity contribution in [2.45, 2.75) is 6.42 Å². The molecule has 0 spiro atoms. The van der Waals surface area contributed by atoms with E-state index in [0.29, 0.717) is 16.9 Å². The Hall–Kier alpha value is -1.15. The molecule has 3 heteroatoms. The zero-order chi connectivity index (χ0) is 9.68. The van der Waals surface area contributed by atoms with Crippen LogP contribution in [0.4, 0.5) is 0 Å². The van der Waals surface area contributed by atoms with Crippen LogP contribution in [0.15, 0.2) is 24.3 Å². The highest BCUT2D eigenvalue weighted by atomic mass is 35.5. The van der Waals surface area contributed by atoms with Gasteiger partial charge in [0.05, 0.1) is 0 Å². The first-order chi connectivity index (χ1) is 6.24. The Labute approximate surface area is 81.5 Å². The summed E-state index contributed by atoms with van der Waals surface area (Å²) in [5, 5.41) is 0.593. The SMILES string of the molecule is O=C[CH]CC(=O)c1ccc(Cl)cc1. The second-order valence-corrected chi connectivity index (χ2v) is 2.94. The average Bonchev–Trinajstić information content (AvgIpc) is 2.15. The van der Waals surface area contributed by atoms with Gasteiger partial charge in [0.25, 0.3) is 0 Å². The fraction of sp³-hybridized carbons (Fsp3) is 0.100. The minimum atomic E-state index is -0.0798. The van der Waals surface area contributed by atoms with Crippen LogP contribution < -0.4 is 0 Å². The van der Waals surface area contributed by atoms with E-state index >= 15 is 0 Å². The molecule has 0 N–H and O–H groups in total. The standard InChI is InChI=1S/C10H8ClO2/c11-9-5-3-8(4-6-9)10(13)2-1-7-12/h1,3-7H,2H2. The van der Waals surface area contributed by atoms with E-state index in [2.05, 4.69) is 0 Å². The van der Waals surface area contributed by atoms with Gasteiger partial charge in [-0.15, -0.1) is 0 Å². The number of benzene rings is 1. The molecule has 0 fully saturated rings. The first kappa shape index (κ1) is 9.93. The smallest absolute Gasteiger partial charge is 0.163 e. The molecule has 1 rings (SSSR count). The van der Waals surface area contributed by atoms with Gasteiger partial charge in [-0.3, -0.25) is 4.79 Å². The topological polar surface area (TPSA) is 34.1 Å². The van der Waals surface area contributed by atoms with Crippen molar-refractivity contribution in [1.29, 1.82) is 0 Å². The van der Waals surface area contributed by atoms with Gasteiger partial charge < -0.3 is 4.79 Å². The number of ketones is 1. The molecule has 0 atom stereocenters. The van der Waals surface area contributed by atoms with Crippen molar-refractivity contribution in [3.63, 3.8) is 0 Å². The lowest BCUT2D eigenvalue weighted by atomic mass is 10.1. The summed E-state index contributed by atoms with van der Waals surface area (Å²) in [6.45, 7) is 0. The summed E-state index contributed by atoms with van der Waals surface area (Å²) >= 11 is 5.65. The fourth-order valence-corrected chi connectivity index (χ4v) is 1.03. The molecule has 0 amide bonds. The van der Waals surface area contributed by atoms with Crippen molar-refractivity contribution in [3.05, 3.63) is 41.3 Å². The molecule has 0 aromatic heterocycles. The second-order valence-electron chi connectivity index (χ2n) is 2.51. The molecule has 1 radical (unpaired) electrons. The van der Waals surface area contributed by atoms with Crippen LogP contribution >= 0.6 is 11.6 Å². The van der Waals surface area contributed by atoms with Gasteiger partial charge in [-0.25, -0.2) is 0 Å². The molecule has 1 aromatic carbocycles. The highest BCUT2D eigenvalue weighted by Crippen LogP contribution is 2.11. The van der Waals surface area contributed by atoms with E-state index in [4.69, 9.17) is 11.6 Å². The van der Waals surface area contributed by atoms with Gasteiger partial charge in [-0.05, 0) is 24.3 Å². The summed E-state index contributed by atoms with van der Waals surface area (Å²) < 4.78 is 0. The molecule has 67 valence electrons. The summed E-state index contributed by atoms with van der Waals surface area (Å²) in [6.07, 6.45) is 2.05. The molecule has 13 heavy (non-hydrogen) atoms. The van der Waals surface area contributed by atoms with E-state index in [1.54, 1.807) is 24.3 Å². The van der Waals surface area contributed by atoms with Gasteiger partial charge in [0.1, 0.15) is 6.29 Å². The third-order valence-electron chi connectivity index (χ3n) is 1.57. The van der Waals surface area contributed by atoms with Gasteiger partial charge in [0, 0.05) is 23.4 Å². The van der Waals surface area contributed by atoms with Crippen molar-refractivity contribution in [2.24, 2.45) is 0 Å². The van der Waals surface area contributed by atoms with Crippen molar-refractivity contribution in [2.75, 3.05) is 0 Å². The Balaban J connectivity index is 2.66. The lowest BCUT2D eigenvalue weighted by Gasteiger charge is -1.97. The summed E-state index contributed by atoms with van der Waals surface area (Å²) in [7, 11) is 0. The average molecular weight is 196 g/mol. The monoisotopic (exact) mass is 195 g/mol. The number of halogens is 1. The molecule has 0 saturated heterocycles. The van der Waals surface area contributed by atoms with Gasteiger partial charge in [-0.2, -0.15) is 0 Å². The predicted octanol–water partition coefficient (Wildman–Crippen LogP) is 2.32. The zero-order valence-corrected chi connectivity index (χ0v) is 7.62. The van der Waals surface area contributed by atoms with Gasteiger partial charge in [0.15, 0.2) is 5.78 Å². The number of Topliss-reactive ketones (excluding diaryl/α,β-unsaturated/α-hetero) is 1. The van der Waals surface area contributed by atoms with Crippen LogP contribution in [0.2, 0.25) is 5.02 Å². The Morgan fingerprint density at radius 2 is 1.92 bits per heavy atom. The molecule has 1 aromatic rings. The molecular weight excluding hydrogens is 188 g/mol. The van der Waals surface area contributed by atoms with Crippen LogP contribution in [-0.4, -0.2) is 12.1 Å². The third kappa shape index (κ3) is 2.99. The molecule has 0 heterocycles. The Morgan fingerprint density at radius 1 is 1.31 bits per heavy atom. The Bertz CT molecular complexity index is 303. The lowest BCUT2D eigenvalue weighted by molar-refractivity contribution is -0.105. The van der Waals surface area contributed by atoms with E-state index in [1.807, 2.05) is 0 Å². The van der Waals surface area contributed by atoms with Crippen molar-refractivity contribution in [3.8, 4) is 0 Å². The van der Waals surface area contributed by atoms with E-state index in [0.717, 1.165) is 0 Å². The van der Waals surface area contributed by atoms with E-state index in [9.17, 15) is 9.59 Å². The Kier molecular flexibility index (Phi) is 3.65. The quantitative estimate of drug-likeness (QED) is 0.546. The summed E-state index contributed by atoms with van der Waals surface area (Å²) in [5.74, 6) is -0.0798. The van der Waals surface area contributed by atoms with Crippen molar-refractivity contribution in [1.82, 2.24) is 0 Å². The van der Waals surface area contributed by atoms with Crippen LogP contribution in [0, 0.1) is 6.42 Å². The molecular formula is C10H8ClO2. The van der Waals surface area contributed by atoms with Crippen LogP contribution in [0.1, 0.15) is 16.8 Å². The molecule has 0 unspecified atom stereocenters. The maximum Gasteiger partial charge on any atom is 0.163 e. The second kappa shape index (κ2) is 4.77. The fourth-order valence-electron chi connectivity index (χ4n) is 0.909. The Morgan fingerprint density at radius 3 is 2.46 bits per heavy atom. The van der Waals surface area contributed by atoms with Crippen LogP contribution in [0.3, 0.4) is 0 Å². The first-order valence-electron chi connectivity index (χ1n) is 3.80. The van der Waals surface area contributed by atoms with E-state index in [-0.39, 0.29) is 12.2 Å². The third-order valence-corrected chi connectivity index (χ3v) is 1.82. The molecule has 0 saturated carbocycles. The number of hydrogen-bond acceptors (Lipinski definition) is 2. The maximum absolute atomic E-state index is 11.3. The predicted molar refractivity (Wildman–Crippen MR) is 50.8 cm³/mol. The number of hydrogen-bond donors (Lipinski definition) is 0. The summed E-state index contributed by atoms with van der Waals surface area (Å²) in [5.41, 5.74) is 0.572. The normalized spacial score (nSPS) is 9.62. The number of carbonyl (C=O) groups excluding carboxylic acids is 2. The van der Waals surface area contributed by atoms with Crippen LogP contribution in [-0.2, 0) is 4.79 Å². The zero-order valence-electron chi connectivity index (χ0n) is 6.87. The largest absolute Gasteiger partial charge is 0.303 e. The molecule has 2 nitrogen and oxygen atoms in total. The van der Waals surface area contributed by atoms with Crippen LogP contribution in [0.5, 0.6) is 0 Å². The summed E-state index contributed by atoms with van der Waals surface area (Å²) in [6, 6.07) is 6.58. The lowest BCUT2D eigenvalue weighted by Crippen LogP contribution is -1.98. The minimum Gasteiger partial charge on any atom is -0.303 e. The van der Waals surface area contributed by atoms with Crippen molar-refractivity contribution >= 4 is 23.7 Å². The van der Waals surface area contributed by atoms with Crippen molar-refractivity contribution < 1.29 is 9.59 Å². The maximum atomic E-state index is 11.3. The van der Waals surface area contributed by atoms with Gasteiger partial charge in [-0.1, -0.05) is 11.6 Å². The van der Waals surface area contributed by atoms with Crippen LogP contribution in [0.25, 0.3) is 0 Å². The van der Waals surface area contributed by atoms with Gasteiger partial charge in [0.2, 0.25) is 0 Å². The molecule has 0 bridgehead atoms. The molecule has 0 aliphatic rings. The summed E-state index contributed by atoms with van der Waals surface area (Å²) in [4.78, 5) is 21.2. The highest BCUT2D eigenvalue weighted by Gasteiger charge is 2.04. The highest BCUT2D eigenvalue weighted by molar-refractivity contribution is 6.30. The van der Waals surface area contributed by atoms with Gasteiger partial charge >= 0.3 is 0 Å². The first-order valence-corrected chi connectivity index (χ1v) is 4.17. The molecule has 0 aliphatic heterocycles. The number of aldehydes is 1. The number of carbonyl (C=O) groups is 2. The van der Waals surface area contributed by atoms with E-state index in [1.165, 1.54) is 6.42 Å². The van der Waals surface area contributed by atoms with E-state index < -0.39 is 0 Å². The molecule has 0 aliphatic carbocycles.